The van der Waals surface area contributed by atoms with Crippen LogP contribution in [0, 0.1) is 10.1 Å². The Bertz CT molecular complexity index is 1370. The van der Waals surface area contributed by atoms with Crippen LogP contribution in [0.4, 0.5) is 5.69 Å². The molecule has 0 unspecified atom stereocenters. The van der Waals surface area contributed by atoms with Crippen molar-refractivity contribution in [1.29, 1.82) is 0 Å². The van der Waals surface area contributed by atoms with Crippen LogP contribution < -0.4 is 10.4 Å². The van der Waals surface area contributed by atoms with E-state index in [1.54, 1.807) is 54.6 Å². The average Bonchev–Trinajstić information content (AvgIpc) is 2.81. The van der Waals surface area contributed by atoms with Crippen LogP contribution in [0.5, 0.6) is 5.75 Å². The van der Waals surface area contributed by atoms with E-state index in [1.165, 1.54) is 25.3 Å². The lowest BCUT2D eigenvalue weighted by Crippen LogP contribution is -2.02. The summed E-state index contributed by atoms with van der Waals surface area (Å²) in [5.74, 6) is 0.0652. The number of fused-ring (bicyclic) bond motifs is 1. The van der Waals surface area contributed by atoms with E-state index in [-0.39, 0.29) is 12.3 Å². The van der Waals surface area contributed by atoms with Crippen LogP contribution in [0.1, 0.15) is 15.9 Å². The minimum atomic E-state index is -0.574. The van der Waals surface area contributed by atoms with Crippen molar-refractivity contribution >= 4 is 22.6 Å². The minimum Gasteiger partial charge on any atom is -0.489 e. The fraction of sp³-hybridized carbons (Fsp3) is 0.0833. The third-order valence-electron chi connectivity index (χ3n) is 4.86. The number of carbonyl (C=O) groups excluding carboxylic acids is 1. The Kier molecular flexibility index (Phi) is 5.67. The van der Waals surface area contributed by atoms with Gasteiger partial charge in [-0.1, -0.05) is 24.3 Å². The quantitative estimate of drug-likeness (QED) is 0.188. The number of nitro groups is 1. The number of hydrogen-bond acceptors (Lipinski definition) is 7. The smallest absolute Gasteiger partial charge is 0.337 e. The van der Waals surface area contributed by atoms with Crippen LogP contribution in [0.15, 0.2) is 82.0 Å². The second kappa shape index (κ2) is 8.73. The lowest BCUT2D eigenvalue weighted by atomic mass is 10.0. The SMILES string of the molecule is COC(=O)c1ccc(COc2ccc3c(-c4cccc([N+](=O)[O-])c4)cc(=O)oc3c2)cc1. The summed E-state index contributed by atoms with van der Waals surface area (Å²) in [6.07, 6.45) is 0. The molecule has 1 heterocycles. The molecule has 0 aliphatic heterocycles. The number of methoxy groups -OCH3 is 1. The second-order valence-corrected chi connectivity index (χ2v) is 6.92. The predicted octanol–water partition coefficient (Wildman–Crippen LogP) is 4.73. The maximum atomic E-state index is 12.1. The van der Waals surface area contributed by atoms with Gasteiger partial charge in [0, 0.05) is 35.2 Å². The molecule has 0 bridgehead atoms. The highest BCUT2D eigenvalue weighted by Crippen LogP contribution is 2.31. The van der Waals surface area contributed by atoms with Crippen molar-refractivity contribution in [2.75, 3.05) is 7.11 Å². The molecule has 4 rings (SSSR count). The Morgan fingerprint density at radius 3 is 2.53 bits per heavy atom. The van der Waals surface area contributed by atoms with Gasteiger partial charge in [0.15, 0.2) is 0 Å². The Labute approximate surface area is 181 Å². The second-order valence-electron chi connectivity index (χ2n) is 6.92. The number of hydrogen-bond donors (Lipinski definition) is 0. The Balaban J connectivity index is 1.61. The van der Waals surface area contributed by atoms with Crippen LogP contribution in [-0.4, -0.2) is 18.0 Å². The van der Waals surface area contributed by atoms with E-state index >= 15 is 0 Å². The van der Waals surface area contributed by atoms with Gasteiger partial charge in [-0.05, 0) is 35.4 Å². The van der Waals surface area contributed by atoms with Crippen molar-refractivity contribution in [3.63, 3.8) is 0 Å². The number of ether oxygens (including phenoxy) is 2. The average molecular weight is 431 g/mol. The molecular weight excluding hydrogens is 414 g/mol. The van der Waals surface area contributed by atoms with Crippen LogP contribution in [0.25, 0.3) is 22.1 Å². The Morgan fingerprint density at radius 1 is 1.03 bits per heavy atom. The molecule has 0 atom stereocenters. The Hall–Kier alpha value is -4.46. The van der Waals surface area contributed by atoms with Crippen LogP contribution >= 0.6 is 0 Å². The highest BCUT2D eigenvalue weighted by atomic mass is 16.6. The zero-order valence-electron chi connectivity index (χ0n) is 16.9. The van der Waals surface area contributed by atoms with Gasteiger partial charge in [-0.25, -0.2) is 9.59 Å². The molecule has 8 nitrogen and oxygen atoms in total. The molecule has 0 aliphatic rings. The molecule has 3 aromatic carbocycles. The number of nitrogens with zero attached hydrogens (tertiary/aromatic N) is 1. The first-order valence-corrected chi connectivity index (χ1v) is 9.57. The third kappa shape index (κ3) is 4.34. The molecule has 0 saturated heterocycles. The number of esters is 1. The van der Waals surface area contributed by atoms with Crippen molar-refractivity contribution < 1.29 is 23.6 Å². The van der Waals surface area contributed by atoms with E-state index in [9.17, 15) is 19.7 Å². The van der Waals surface area contributed by atoms with Gasteiger partial charge >= 0.3 is 11.6 Å². The van der Waals surface area contributed by atoms with Gasteiger partial charge in [-0.2, -0.15) is 0 Å². The van der Waals surface area contributed by atoms with Crippen molar-refractivity contribution in [3.8, 4) is 16.9 Å². The van der Waals surface area contributed by atoms with Crippen LogP contribution in [0.3, 0.4) is 0 Å². The number of benzene rings is 3. The van der Waals surface area contributed by atoms with Gasteiger partial charge in [-0.3, -0.25) is 10.1 Å². The zero-order valence-corrected chi connectivity index (χ0v) is 16.9. The number of non-ortho nitro benzene ring substituents is 1. The third-order valence-corrected chi connectivity index (χ3v) is 4.86. The first-order chi connectivity index (χ1) is 15.4. The molecule has 160 valence electrons. The fourth-order valence-electron chi connectivity index (χ4n) is 3.28. The van der Waals surface area contributed by atoms with Gasteiger partial charge < -0.3 is 13.9 Å². The molecule has 4 aromatic rings. The molecule has 0 aliphatic carbocycles. The Morgan fingerprint density at radius 2 is 1.81 bits per heavy atom. The summed E-state index contributed by atoms with van der Waals surface area (Å²) in [4.78, 5) is 34.3. The molecule has 0 spiro atoms. The topological polar surface area (TPSA) is 109 Å². The maximum absolute atomic E-state index is 12.1. The normalized spacial score (nSPS) is 10.7. The first kappa shape index (κ1) is 20.8. The number of rotatable bonds is 6. The molecule has 1 aromatic heterocycles. The van der Waals surface area contributed by atoms with E-state index in [0.717, 1.165) is 5.56 Å². The van der Waals surface area contributed by atoms with E-state index in [1.807, 2.05) is 0 Å². The van der Waals surface area contributed by atoms with Crippen molar-refractivity contribution in [2.45, 2.75) is 6.61 Å². The van der Waals surface area contributed by atoms with Crippen LogP contribution in [0.2, 0.25) is 0 Å². The number of nitro benzene ring substituents is 1. The molecular formula is C24H17NO7. The lowest BCUT2D eigenvalue weighted by Gasteiger charge is -2.10. The van der Waals surface area contributed by atoms with Gasteiger partial charge in [0.05, 0.1) is 17.6 Å². The minimum absolute atomic E-state index is 0.0675. The highest BCUT2D eigenvalue weighted by Gasteiger charge is 2.13. The van der Waals surface area contributed by atoms with Gasteiger partial charge in [0.1, 0.15) is 17.9 Å². The molecule has 0 fully saturated rings. The van der Waals surface area contributed by atoms with Gasteiger partial charge in [0.25, 0.3) is 5.69 Å². The fourth-order valence-corrected chi connectivity index (χ4v) is 3.28. The molecule has 0 amide bonds. The molecule has 0 radical (unpaired) electrons. The molecule has 8 heteroatoms. The highest BCUT2D eigenvalue weighted by molar-refractivity contribution is 5.94. The summed E-state index contributed by atoms with van der Waals surface area (Å²) in [7, 11) is 1.32. The van der Waals surface area contributed by atoms with E-state index in [2.05, 4.69) is 4.74 Å². The molecule has 0 N–H and O–H groups in total. The first-order valence-electron chi connectivity index (χ1n) is 9.57. The lowest BCUT2D eigenvalue weighted by molar-refractivity contribution is -0.384. The van der Waals surface area contributed by atoms with E-state index < -0.39 is 16.5 Å². The van der Waals surface area contributed by atoms with Crippen molar-refractivity contribution in [1.82, 2.24) is 0 Å². The van der Waals surface area contributed by atoms with Gasteiger partial charge in [0.2, 0.25) is 0 Å². The summed E-state index contributed by atoms with van der Waals surface area (Å²) < 4.78 is 15.8. The van der Waals surface area contributed by atoms with Crippen LogP contribution in [-0.2, 0) is 11.3 Å². The van der Waals surface area contributed by atoms with E-state index in [0.29, 0.717) is 33.4 Å². The largest absolute Gasteiger partial charge is 0.489 e. The number of carbonyl (C=O) groups is 1. The predicted molar refractivity (Wildman–Crippen MR) is 117 cm³/mol. The monoisotopic (exact) mass is 431 g/mol. The summed E-state index contributed by atoms with van der Waals surface area (Å²) in [5, 5.41) is 11.7. The summed E-state index contributed by atoms with van der Waals surface area (Å²) in [5.41, 5.74) is 2.01. The van der Waals surface area contributed by atoms with Crippen molar-refractivity contribution in [3.05, 3.63) is 104 Å². The summed E-state index contributed by atoms with van der Waals surface area (Å²) in [6, 6.07) is 19.3. The standard InChI is InChI=1S/C24H17NO7/c1-30-24(27)16-7-5-15(6-8-16)14-31-19-9-10-20-21(13-23(26)32-22(20)12-19)17-3-2-4-18(11-17)25(28)29/h2-13H,14H2,1H3. The zero-order chi connectivity index (χ0) is 22.7. The maximum Gasteiger partial charge on any atom is 0.337 e. The van der Waals surface area contributed by atoms with Gasteiger partial charge in [-0.15, -0.1) is 0 Å². The molecule has 0 saturated carbocycles. The van der Waals surface area contributed by atoms with Crippen molar-refractivity contribution in [2.24, 2.45) is 0 Å². The summed E-state index contributed by atoms with van der Waals surface area (Å²) in [6.45, 7) is 0.238. The summed E-state index contributed by atoms with van der Waals surface area (Å²) >= 11 is 0. The molecule has 32 heavy (non-hydrogen) atoms. The van der Waals surface area contributed by atoms with E-state index in [4.69, 9.17) is 9.15 Å².